The number of fused-ring (bicyclic) bond motifs is 1. The van der Waals surface area contributed by atoms with E-state index in [0.717, 1.165) is 55.6 Å². The molecule has 0 atom stereocenters. The van der Waals surface area contributed by atoms with Crippen molar-refractivity contribution in [3.63, 3.8) is 0 Å². The van der Waals surface area contributed by atoms with Crippen LogP contribution in [-0.4, -0.2) is 74.7 Å². The molecule has 0 radical (unpaired) electrons. The summed E-state index contributed by atoms with van der Waals surface area (Å²) in [5.41, 5.74) is 1.52. The molecule has 0 saturated carbocycles. The third-order valence-corrected chi connectivity index (χ3v) is 5.78. The Morgan fingerprint density at radius 1 is 1.06 bits per heavy atom. The topological polar surface area (TPSA) is 97.7 Å². The number of ether oxygens (including phenoxy) is 1. The van der Waals surface area contributed by atoms with Crippen molar-refractivity contribution >= 4 is 11.5 Å². The lowest BCUT2D eigenvalue weighted by Gasteiger charge is -2.34. The monoisotopic (exact) mass is 446 g/mol. The van der Waals surface area contributed by atoms with Crippen molar-refractivity contribution in [1.29, 1.82) is 0 Å². The fourth-order valence-corrected chi connectivity index (χ4v) is 4.00. The smallest absolute Gasteiger partial charge is 0.227 e. The average Bonchev–Trinajstić information content (AvgIpc) is 3.50. The molecule has 4 aromatic rings. The van der Waals surface area contributed by atoms with E-state index in [1.54, 1.807) is 7.11 Å². The summed E-state index contributed by atoms with van der Waals surface area (Å²) in [6.45, 7) is 8.59. The maximum Gasteiger partial charge on any atom is 0.227 e. The summed E-state index contributed by atoms with van der Waals surface area (Å²) in [7, 11) is 1.62. The van der Waals surface area contributed by atoms with Crippen molar-refractivity contribution in [2.24, 2.45) is 0 Å². The Balaban J connectivity index is 1.29. The zero-order chi connectivity index (χ0) is 22.6. The first-order valence-corrected chi connectivity index (χ1v) is 11.0. The summed E-state index contributed by atoms with van der Waals surface area (Å²) in [5, 5.41) is 17.5. The summed E-state index contributed by atoms with van der Waals surface area (Å²) in [4.78, 5) is 9.20. The van der Waals surface area contributed by atoms with Crippen LogP contribution in [0, 0.1) is 0 Å². The summed E-state index contributed by atoms with van der Waals surface area (Å²) >= 11 is 0. The number of piperazine rings is 1. The zero-order valence-corrected chi connectivity index (χ0v) is 18.6. The van der Waals surface area contributed by atoms with Gasteiger partial charge in [0.05, 0.1) is 12.7 Å². The highest BCUT2D eigenvalue weighted by molar-refractivity contribution is 5.63. The highest BCUT2D eigenvalue weighted by Gasteiger charge is 2.19. The summed E-state index contributed by atoms with van der Waals surface area (Å²) in [6, 6.07) is 11.6. The third kappa shape index (κ3) is 4.42. The Morgan fingerprint density at radius 2 is 1.91 bits per heavy atom. The molecule has 10 heteroatoms. The maximum atomic E-state index is 5.46. The molecule has 0 spiro atoms. The first kappa shape index (κ1) is 21.1. The minimum Gasteiger partial charge on any atom is -0.496 e. The van der Waals surface area contributed by atoms with Gasteiger partial charge in [0.1, 0.15) is 11.6 Å². The van der Waals surface area contributed by atoms with Crippen molar-refractivity contribution in [3.8, 4) is 17.1 Å². The van der Waals surface area contributed by atoms with E-state index in [4.69, 9.17) is 14.4 Å². The second-order valence-electron chi connectivity index (χ2n) is 7.87. The molecular formula is C23H26N8O2. The van der Waals surface area contributed by atoms with E-state index >= 15 is 0 Å². The Bertz CT molecular complexity index is 1240. The minimum atomic E-state index is 0.504. The van der Waals surface area contributed by atoms with Crippen molar-refractivity contribution in [1.82, 2.24) is 34.9 Å². The van der Waals surface area contributed by atoms with E-state index in [0.29, 0.717) is 30.3 Å². The average molecular weight is 447 g/mol. The Hall–Kier alpha value is -3.79. The lowest BCUT2D eigenvalue weighted by atomic mass is 10.2. The zero-order valence-electron chi connectivity index (χ0n) is 18.6. The van der Waals surface area contributed by atoms with Gasteiger partial charge in [-0.25, -0.2) is 0 Å². The van der Waals surface area contributed by atoms with Crippen LogP contribution in [0.4, 0.5) is 5.82 Å². The number of anilines is 1. The first-order chi connectivity index (χ1) is 16.2. The van der Waals surface area contributed by atoms with Crippen LogP contribution in [0.5, 0.6) is 5.75 Å². The third-order valence-electron chi connectivity index (χ3n) is 5.78. The van der Waals surface area contributed by atoms with Crippen LogP contribution in [0.2, 0.25) is 0 Å². The van der Waals surface area contributed by atoms with Gasteiger partial charge in [0.25, 0.3) is 0 Å². The maximum absolute atomic E-state index is 5.46. The number of benzene rings is 1. The summed E-state index contributed by atoms with van der Waals surface area (Å²) in [6.07, 6.45) is 3.07. The molecule has 1 aliphatic heterocycles. The molecule has 1 aromatic carbocycles. The number of hydrogen-bond acceptors (Lipinski definition) is 9. The van der Waals surface area contributed by atoms with Crippen molar-refractivity contribution in [2.75, 3.05) is 44.7 Å². The first-order valence-electron chi connectivity index (χ1n) is 11.0. The van der Waals surface area contributed by atoms with E-state index in [1.165, 1.54) is 0 Å². The van der Waals surface area contributed by atoms with Gasteiger partial charge >= 0.3 is 0 Å². The predicted octanol–water partition coefficient (Wildman–Crippen LogP) is 2.28. The van der Waals surface area contributed by atoms with E-state index in [9.17, 15) is 0 Å². The van der Waals surface area contributed by atoms with Gasteiger partial charge in [0.15, 0.2) is 11.5 Å². The van der Waals surface area contributed by atoms with Crippen LogP contribution in [0.1, 0.15) is 11.7 Å². The summed E-state index contributed by atoms with van der Waals surface area (Å²) in [5.74, 6) is 3.43. The van der Waals surface area contributed by atoms with Crippen molar-refractivity contribution in [2.45, 2.75) is 12.8 Å². The number of methoxy groups -OCH3 is 1. The molecule has 0 unspecified atom stereocenters. The van der Waals surface area contributed by atoms with E-state index < -0.39 is 0 Å². The standard InChI is InChI=1S/C23H26N8O2/c1-3-12-29-13-15-30(16-14-29)21-9-8-19-25-26-20(31(19)27-21)10-11-22-24-23(28-33-22)17-6-4-5-7-18(17)32-2/h3-9H,1,10-16H2,2H3. The molecule has 4 heterocycles. The molecule has 10 nitrogen and oxygen atoms in total. The van der Waals surface area contributed by atoms with Crippen molar-refractivity contribution < 1.29 is 9.26 Å². The second-order valence-corrected chi connectivity index (χ2v) is 7.87. The Morgan fingerprint density at radius 3 is 2.73 bits per heavy atom. The Labute approximate surface area is 191 Å². The van der Waals surface area contributed by atoms with Gasteiger partial charge in [-0.15, -0.1) is 21.9 Å². The largest absolute Gasteiger partial charge is 0.496 e. The van der Waals surface area contributed by atoms with Gasteiger partial charge < -0.3 is 14.2 Å². The normalized spacial score (nSPS) is 14.6. The molecule has 1 saturated heterocycles. The molecule has 0 amide bonds. The van der Waals surface area contributed by atoms with Crippen LogP contribution in [0.3, 0.4) is 0 Å². The SMILES string of the molecule is C=CCN1CCN(c2ccc3nnc(CCc4nc(-c5ccccc5OC)no4)n3n2)CC1. The van der Waals surface area contributed by atoms with E-state index in [2.05, 4.69) is 36.7 Å². The molecule has 0 aliphatic carbocycles. The fraction of sp³-hybridized carbons (Fsp3) is 0.348. The molecule has 33 heavy (non-hydrogen) atoms. The lowest BCUT2D eigenvalue weighted by Crippen LogP contribution is -2.46. The number of aromatic nitrogens is 6. The minimum absolute atomic E-state index is 0.504. The van der Waals surface area contributed by atoms with Gasteiger partial charge in [0.2, 0.25) is 11.7 Å². The van der Waals surface area contributed by atoms with Gasteiger partial charge in [-0.2, -0.15) is 9.50 Å². The molecule has 3 aromatic heterocycles. The number of aryl methyl sites for hydroxylation is 2. The number of para-hydroxylation sites is 1. The highest BCUT2D eigenvalue weighted by Crippen LogP contribution is 2.27. The van der Waals surface area contributed by atoms with Crippen LogP contribution in [0.15, 0.2) is 53.6 Å². The second kappa shape index (κ2) is 9.37. The highest BCUT2D eigenvalue weighted by atomic mass is 16.5. The molecular weight excluding hydrogens is 420 g/mol. The van der Waals surface area contributed by atoms with Gasteiger partial charge in [-0.05, 0) is 24.3 Å². The van der Waals surface area contributed by atoms with Crippen LogP contribution in [-0.2, 0) is 12.8 Å². The number of rotatable bonds is 8. The molecule has 0 bridgehead atoms. The van der Waals surface area contributed by atoms with Crippen molar-refractivity contribution in [3.05, 3.63) is 60.8 Å². The van der Waals surface area contributed by atoms with E-state index in [-0.39, 0.29) is 0 Å². The lowest BCUT2D eigenvalue weighted by molar-refractivity contribution is 0.283. The quantitative estimate of drug-likeness (QED) is 0.378. The molecule has 0 N–H and O–H groups in total. The predicted molar refractivity (Wildman–Crippen MR) is 123 cm³/mol. The van der Waals surface area contributed by atoms with Crippen LogP contribution < -0.4 is 9.64 Å². The number of nitrogens with zero attached hydrogens (tertiary/aromatic N) is 8. The summed E-state index contributed by atoms with van der Waals surface area (Å²) < 4.78 is 12.7. The molecule has 5 rings (SSSR count). The van der Waals surface area contributed by atoms with Crippen LogP contribution >= 0.6 is 0 Å². The van der Waals surface area contributed by atoms with Gasteiger partial charge in [0, 0.05) is 45.6 Å². The number of hydrogen-bond donors (Lipinski definition) is 0. The molecule has 170 valence electrons. The van der Waals surface area contributed by atoms with Crippen LogP contribution in [0.25, 0.3) is 17.0 Å². The fourth-order valence-electron chi connectivity index (χ4n) is 4.00. The molecule has 1 fully saturated rings. The van der Waals surface area contributed by atoms with Gasteiger partial charge in [-0.1, -0.05) is 23.4 Å². The van der Waals surface area contributed by atoms with E-state index in [1.807, 2.05) is 47.0 Å². The molecule has 1 aliphatic rings. The van der Waals surface area contributed by atoms with Gasteiger partial charge in [-0.3, -0.25) is 4.90 Å². The Kier molecular flexibility index (Phi) is 5.99.